The van der Waals surface area contributed by atoms with E-state index >= 15 is 0 Å². The fourth-order valence-corrected chi connectivity index (χ4v) is 0.662. The predicted octanol–water partition coefficient (Wildman–Crippen LogP) is 1.93. The van der Waals surface area contributed by atoms with Crippen LogP contribution in [0.25, 0.3) is 0 Å². The number of likely N-dealkylation sites (N-methyl/N-ethyl adjacent to an activating group) is 1. The van der Waals surface area contributed by atoms with Gasteiger partial charge in [0, 0.05) is 12.1 Å². The molecule has 0 aliphatic carbocycles. The second kappa shape index (κ2) is 8.34. The molecule has 0 unspecified atom stereocenters. The Labute approximate surface area is 77.5 Å². The van der Waals surface area contributed by atoms with Crippen LogP contribution < -0.4 is 5.32 Å². The van der Waals surface area contributed by atoms with E-state index in [2.05, 4.69) is 5.32 Å². The monoisotopic (exact) mass is 197 g/mol. The predicted molar refractivity (Wildman–Crippen MR) is 49.2 cm³/mol. The Bertz CT molecular complexity index is 117. The third kappa shape index (κ3) is 8.14. The first kappa shape index (κ1) is 11.2. The van der Waals surface area contributed by atoms with Crippen molar-refractivity contribution >= 4 is 23.2 Å². The number of nitrogens with one attached hydrogen (secondary N) is 1. The Morgan fingerprint density at radius 2 is 2.36 bits per heavy atom. The number of hydrogen-bond acceptors (Lipinski definition) is 2. The molecule has 0 heterocycles. The molecule has 0 saturated heterocycles. The highest BCUT2D eigenvalue weighted by Gasteiger charge is 1.90. The van der Waals surface area contributed by atoms with Crippen LogP contribution in [0.1, 0.15) is 6.92 Å². The largest absolute Gasteiger partial charge is 0.375 e. The number of rotatable bonds is 6. The van der Waals surface area contributed by atoms with Gasteiger partial charge in [-0.2, -0.15) is 0 Å². The lowest BCUT2D eigenvalue weighted by Gasteiger charge is -2.02. The number of hydrogen-bond donors (Lipinski definition) is 1. The lowest BCUT2D eigenvalue weighted by atomic mass is 10.6. The highest BCUT2D eigenvalue weighted by atomic mass is 35.5. The van der Waals surface area contributed by atoms with Gasteiger partial charge in [-0.25, -0.2) is 0 Å². The van der Waals surface area contributed by atoms with Crippen molar-refractivity contribution in [3.05, 3.63) is 10.6 Å². The molecule has 0 aromatic heterocycles. The third-order valence-corrected chi connectivity index (χ3v) is 1.62. The maximum absolute atomic E-state index is 5.56. The van der Waals surface area contributed by atoms with Crippen LogP contribution in [0.15, 0.2) is 10.6 Å². The summed E-state index contributed by atoms with van der Waals surface area (Å²) in [6.07, 6.45) is 0. The third-order valence-electron chi connectivity index (χ3n) is 1.03. The van der Waals surface area contributed by atoms with Crippen molar-refractivity contribution in [1.29, 1.82) is 0 Å². The van der Waals surface area contributed by atoms with Crippen molar-refractivity contribution < 1.29 is 4.74 Å². The van der Waals surface area contributed by atoms with Crippen LogP contribution in [0, 0.1) is 0 Å². The fourth-order valence-electron chi connectivity index (χ4n) is 0.522. The van der Waals surface area contributed by atoms with Gasteiger partial charge in [0.25, 0.3) is 0 Å². The zero-order chi connectivity index (χ0) is 8.53. The van der Waals surface area contributed by atoms with Gasteiger partial charge in [-0.1, -0.05) is 30.1 Å². The standard InChI is InChI=1S/C7H13Cl2NO/c1-2-10-3-4-11-6-7(9)5-8/h5,10H,2-4,6H2,1H3. The van der Waals surface area contributed by atoms with E-state index < -0.39 is 0 Å². The minimum atomic E-state index is 0.399. The highest BCUT2D eigenvalue weighted by Crippen LogP contribution is 2.02. The summed E-state index contributed by atoms with van der Waals surface area (Å²) in [6, 6.07) is 0. The Morgan fingerprint density at radius 3 is 2.91 bits per heavy atom. The van der Waals surface area contributed by atoms with Crippen molar-refractivity contribution in [2.24, 2.45) is 0 Å². The molecule has 4 heteroatoms. The van der Waals surface area contributed by atoms with Crippen LogP contribution in [0.4, 0.5) is 0 Å². The summed E-state index contributed by atoms with van der Waals surface area (Å²) >= 11 is 10.9. The Morgan fingerprint density at radius 1 is 1.64 bits per heavy atom. The van der Waals surface area contributed by atoms with Gasteiger partial charge in [0.15, 0.2) is 0 Å². The Balaban J connectivity index is 3.02. The normalized spacial score (nSPS) is 12.1. The van der Waals surface area contributed by atoms with Gasteiger partial charge in [0.2, 0.25) is 0 Å². The van der Waals surface area contributed by atoms with Crippen LogP contribution in [-0.4, -0.2) is 26.3 Å². The maximum Gasteiger partial charge on any atom is 0.0832 e. The quantitative estimate of drug-likeness (QED) is 0.658. The summed E-state index contributed by atoms with van der Waals surface area (Å²) in [4.78, 5) is 0. The van der Waals surface area contributed by atoms with E-state index in [1.54, 1.807) is 0 Å². The summed E-state index contributed by atoms with van der Waals surface area (Å²) in [5.74, 6) is 0. The molecule has 0 atom stereocenters. The number of ether oxygens (including phenoxy) is 1. The smallest absolute Gasteiger partial charge is 0.0832 e. The lowest BCUT2D eigenvalue weighted by molar-refractivity contribution is 0.162. The molecule has 66 valence electrons. The molecule has 0 radical (unpaired) electrons. The van der Waals surface area contributed by atoms with Crippen molar-refractivity contribution in [3.8, 4) is 0 Å². The minimum absolute atomic E-state index is 0.399. The molecule has 0 aromatic rings. The molecule has 0 spiro atoms. The molecular formula is C7H13Cl2NO. The van der Waals surface area contributed by atoms with E-state index in [9.17, 15) is 0 Å². The SMILES string of the molecule is CCNCCOCC(Cl)=CCl. The van der Waals surface area contributed by atoms with E-state index in [4.69, 9.17) is 27.9 Å². The van der Waals surface area contributed by atoms with Crippen LogP contribution in [0.2, 0.25) is 0 Å². The first-order valence-electron chi connectivity index (χ1n) is 3.54. The van der Waals surface area contributed by atoms with Crippen molar-refractivity contribution in [1.82, 2.24) is 5.32 Å². The first-order chi connectivity index (χ1) is 5.31. The van der Waals surface area contributed by atoms with E-state index in [0.717, 1.165) is 13.1 Å². The minimum Gasteiger partial charge on any atom is -0.375 e. The zero-order valence-corrected chi connectivity index (χ0v) is 8.08. The van der Waals surface area contributed by atoms with Crippen LogP contribution in [0.3, 0.4) is 0 Å². The van der Waals surface area contributed by atoms with Gasteiger partial charge >= 0.3 is 0 Å². The van der Waals surface area contributed by atoms with E-state index in [1.807, 2.05) is 6.92 Å². The summed E-state index contributed by atoms with van der Waals surface area (Å²) in [6.45, 7) is 4.92. The molecule has 2 nitrogen and oxygen atoms in total. The molecule has 0 aliphatic heterocycles. The van der Waals surface area contributed by atoms with E-state index in [-0.39, 0.29) is 0 Å². The average molecular weight is 198 g/mol. The molecule has 0 rings (SSSR count). The topological polar surface area (TPSA) is 21.3 Å². The maximum atomic E-state index is 5.56. The second-order valence-electron chi connectivity index (χ2n) is 1.96. The van der Waals surface area contributed by atoms with Gasteiger partial charge < -0.3 is 10.1 Å². The molecule has 11 heavy (non-hydrogen) atoms. The lowest BCUT2D eigenvalue weighted by Crippen LogP contribution is -2.19. The molecule has 0 fully saturated rings. The molecule has 0 aliphatic rings. The molecule has 0 bridgehead atoms. The Hall–Kier alpha value is 0.240. The number of halogens is 2. The van der Waals surface area contributed by atoms with Gasteiger partial charge in [-0.05, 0) is 6.54 Å². The fraction of sp³-hybridized carbons (Fsp3) is 0.714. The van der Waals surface area contributed by atoms with E-state index in [0.29, 0.717) is 18.2 Å². The van der Waals surface area contributed by atoms with Gasteiger partial charge in [-0.15, -0.1) is 0 Å². The molecule has 0 amide bonds. The van der Waals surface area contributed by atoms with Gasteiger partial charge in [0.05, 0.1) is 18.2 Å². The van der Waals surface area contributed by atoms with E-state index in [1.165, 1.54) is 5.54 Å². The van der Waals surface area contributed by atoms with Gasteiger partial charge in [0.1, 0.15) is 0 Å². The molecular weight excluding hydrogens is 185 g/mol. The van der Waals surface area contributed by atoms with Crippen LogP contribution in [-0.2, 0) is 4.74 Å². The summed E-state index contributed by atoms with van der Waals surface area (Å²) in [5.41, 5.74) is 1.31. The van der Waals surface area contributed by atoms with Crippen molar-refractivity contribution in [2.45, 2.75) is 6.92 Å². The van der Waals surface area contributed by atoms with Crippen molar-refractivity contribution in [2.75, 3.05) is 26.3 Å². The Kier molecular flexibility index (Phi) is 8.52. The second-order valence-corrected chi connectivity index (χ2v) is 2.67. The highest BCUT2D eigenvalue weighted by molar-refractivity contribution is 6.36. The zero-order valence-electron chi connectivity index (χ0n) is 6.57. The molecule has 0 saturated carbocycles. The molecule has 0 aromatic carbocycles. The first-order valence-corrected chi connectivity index (χ1v) is 4.36. The summed E-state index contributed by atoms with van der Waals surface area (Å²) < 4.78 is 5.14. The van der Waals surface area contributed by atoms with Gasteiger partial charge in [-0.3, -0.25) is 0 Å². The van der Waals surface area contributed by atoms with Crippen LogP contribution in [0.5, 0.6) is 0 Å². The summed E-state index contributed by atoms with van der Waals surface area (Å²) in [7, 11) is 0. The van der Waals surface area contributed by atoms with Crippen LogP contribution >= 0.6 is 23.2 Å². The average Bonchev–Trinajstić information content (AvgIpc) is 2.04. The van der Waals surface area contributed by atoms with Crippen molar-refractivity contribution in [3.63, 3.8) is 0 Å². The molecule has 1 N–H and O–H groups in total. The summed E-state index contributed by atoms with van der Waals surface area (Å²) in [5, 5.41) is 3.65.